The van der Waals surface area contributed by atoms with Crippen molar-refractivity contribution in [1.29, 1.82) is 0 Å². The molecule has 0 aliphatic rings. The van der Waals surface area contributed by atoms with E-state index in [0.717, 1.165) is 11.3 Å². The second-order valence-electron chi connectivity index (χ2n) is 5.05. The standard InChI is InChI=1S/C17H15N3OS/c1-11-5-6-12(2)14(8-11)15-10-22-17(19-15)20-16(21)13-4-3-7-18-9-13/h3-10H,1-2H3,(H,19,20,21). The molecule has 0 atom stereocenters. The lowest BCUT2D eigenvalue weighted by molar-refractivity contribution is 0.102. The number of nitrogens with one attached hydrogen (secondary N) is 1. The van der Waals surface area contributed by atoms with Crippen LogP contribution in [0.2, 0.25) is 0 Å². The maximum Gasteiger partial charge on any atom is 0.259 e. The molecule has 4 nitrogen and oxygen atoms in total. The summed E-state index contributed by atoms with van der Waals surface area (Å²) in [5, 5.41) is 5.36. The fourth-order valence-electron chi connectivity index (χ4n) is 2.13. The van der Waals surface area contributed by atoms with Gasteiger partial charge in [-0.25, -0.2) is 4.98 Å². The second kappa shape index (κ2) is 6.07. The molecule has 2 aromatic heterocycles. The summed E-state index contributed by atoms with van der Waals surface area (Å²) in [5.41, 5.74) is 4.85. The molecule has 5 heteroatoms. The van der Waals surface area contributed by atoms with Crippen LogP contribution in [0.4, 0.5) is 5.13 Å². The van der Waals surface area contributed by atoms with Gasteiger partial charge >= 0.3 is 0 Å². The molecular formula is C17H15N3OS. The van der Waals surface area contributed by atoms with Crippen molar-refractivity contribution in [3.05, 3.63) is 64.8 Å². The smallest absolute Gasteiger partial charge is 0.259 e. The minimum absolute atomic E-state index is 0.199. The normalized spacial score (nSPS) is 10.5. The van der Waals surface area contributed by atoms with E-state index in [1.54, 1.807) is 18.3 Å². The first-order chi connectivity index (χ1) is 10.6. The zero-order valence-corrected chi connectivity index (χ0v) is 13.1. The maximum atomic E-state index is 12.1. The SMILES string of the molecule is Cc1ccc(C)c(-c2csc(NC(=O)c3cccnc3)n2)c1. The number of aryl methyl sites for hydroxylation is 2. The number of thiazole rings is 1. The zero-order chi connectivity index (χ0) is 15.5. The number of hydrogen-bond donors (Lipinski definition) is 1. The monoisotopic (exact) mass is 309 g/mol. The van der Waals surface area contributed by atoms with Gasteiger partial charge in [-0.3, -0.25) is 15.1 Å². The molecule has 0 saturated carbocycles. The third kappa shape index (κ3) is 3.04. The van der Waals surface area contributed by atoms with Crippen molar-refractivity contribution in [2.24, 2.45) is 0 Å². The van der Waals surface area contributed by atoms with Gasteiger partial charge in [0.15, 0.2) is 5.13 Å². The summed E-state index contributed by atoms with van der Waals surface area (Å²) in [6.45, 7) is 4.11. The topological polar surface area (TPSA) is 54.9 Å². The number of anilines is 1. The van der Waals surface area contributed by atoms with Crippen LogP contribution in [-0.2, 0) is 0 Å². The van der Waals surface area contributed by atoms with Crippen molar-refractivity contribution in [1.82, 2.24) is 9.97 Å². The van der Waals surface area contributed by atoms with Gasteiger partial charge in [0.2, 0.25) is 0 Å². The van der Waals surface area contributed by atoms with Gasteiger partial charge in [-0.1, -0.05) is 17.7 Å². The quantitative estimate of drug-likeness (QED) is 0.793. The largest absolute Gasteiger partial charge is 0.298 e. The molecule has 0 radical (unpaired) electrons. The van der Waals surface area contributed by atoms with Gasteiger partial charge in [0, 0.05) is 23.3 Å². The van der Waals surface area contributed by atoms with Gasteiger partial charge in [0.1, 0.15) is 0 Å². The van der Waals surface area contributed by atoms with Crippen LogP contribution in [0.5, 0.6) is 0 Å². The van der Waals surface area contributed by atoms with Crippen LogP contribution < -0.4 is 5.32 Å². The molecule has 0 unspecified atom stereocenters. The molecule has 3 rings (SSSR count). The van der Waals surface area contributed by atoms with Gasteiger partial charge in [-0.2, -0.15) is 0 Å². The fourth-order valence-corrected chi connectivity index (χ4v) is 2.84. The highest BCUT2D eigenvalue weighted by atomic mass is 32.1. The van der Waals surface area contributed by atoms with Gasteiger partial charge in [-0.15, -0.1) is 11.3 Å². The maximum absolute atomic E-state index is 12.1. The molecule has 3 aromatic rings. The van der Waals surface area contributed by atoms with Crippen molar-refractivity contribution < 1.29 is 4.79 Å². The molecule has 0 aliphatic heterocycles. The predicted molar refractivity (Wildman–Crippen MR) is 89.2 cm³/mol. The molecule has 1 N–H and O–H groups in total. The van der Waals surface area contributed by atoms with Gasteiger partial charge < -0.3 is 0 Å². The Kier molecular flexibility index (Phi) is 3.98. The van der Waals surface area contributed by atoms with E-state index in [-0.39, 0.29) is 5.91 Å². The summed E-state index contributed by atoms with van der Waals surface area (Å²) in [4.78, 5) is 20.6. The van der Waals surface area contributed by atoms with Crippen LogP contribution in [0.25, 0.3) is 11.3 Å². The minimum Gasteiger partial charge on any atom is -0.298 e. The van der Waals surface area contributed by atoms with Gasteiger partial charge in [0.25, 0.3) is 5.91 Å². The Hall–Kier alpha value is -2.53. The zero-order valence-electron chi connectivity index (χ0n) is 12.3. The lowest BCUT2D eigenvalue weighted by atomic mass is 10.0. The first-order valence-electron chi connectivity index (χ1n) is 6.88. The van der Waals surface area contributed by atoms with Crippen LogP contribution in [0.3, 0.4) is 0 Å². The summed E-state index contributed by atoms with van der Waals surface area (Å²) >= 11 is 1.42. The number of nitrogens with zero attached hydrogens (tertiary/aromatic N) is 2. The Morgan fingerprint density at radius 1 is 1.23 bits per heavy atom. The average molecular weight is 309 g/mol. The number of rotatable bonds is 3. The number of benzene rings is 1. The van der Waals surface area contributed by atoms with E-state index in [1.165, 1.54) is 28.7 Å². The van der Waals surface area contributed by atoms with Crippen LogP contribution in [0, 0.1) is 13.8 Å². The Labute approximate surface area is 132 Å². The van der Waals surface area contributed by atoms with Crippen LogP contribution in [0.1, 0.15) is 21.5 Å². The first-order valence-corrected chi connectivity index (χ1v) is 7.76. The van der Waals surface area contributed by atoms with Crippen LogP contribution >= 0.6 is 11.3 Å². The number of pyridine rings is 1. The van der Waals surface area contributed by atoms with E-state index < -0.39 is 0 Å². The third-order valence-electron chi connectivity index (χ3n) is 3.32. The first kappa shape index (κ1) is 14.4. The molecule has 0 fully saturated rings. The molecule has 1 aromatic carbocycles. The molecule has 0 spiro atoms. The van der Waals surface area contributed by atoms with Crippen molar-refractivity contribution in [3.63, 3.8) is 0 Å². The van der Waals surface area contributed by atoms with Crippen LogP contribution in [0.15, 0.2) is 48.1 Å². The fraction of sp³-hybridized carbons (Fsp3) is 0.118. The summed E-state index contributed by atoms with van der Waals surface area (Å²) in [6, 6.07) is 9.73. The number of hydrogen-bond acceptors (Lipinski definition) is 4. The second-order valence-corrected chi connectivity index (χ2v) is 5.91. The van der Waals surface area contributed by atoms with Crippen molar-refractivity contribution in [2.45, 2.75) is 13.8 Å². The Morgan fingerprint density at radius 2 is 2.09 bits per heavy atom. The molecule has 0 aliphatic carbocycles. The van der Waals surface area contributed by atoms with E-state index >= 15 is 0 Å². The summed E-state index contributed by atoms with van der Waals surface area (Å²) in [7, 11) is 0. The Balaban J connectivity index is 1.82. The number of amides is 1. The van der Waals surface area contributed by atoms with Crippen molar-refractivity contribution in [2.75, 3.05) is 5.32 Å². The molecule has 2 heterocycles. The average Bonchev–Trinajstić information content (AvgIpc) is 2.99. The third-order valence-corrected chi connectivity index (χ3v) is 4.08. The molecule has 1 amide bonds. The highest BCUT2D eigenvalue weighted by Gasteiger charge is 2.11. The predicted octanol–water partition coefficient (Wildman–Crippen LogP) is 4.07. The molecular weight excluding hydrogens is 294 g/mol. The van der Waals surface area contributed by atoms with Crippen molar-refractivity contribution in [3.8, 4) is 11.3 Å². The van der Waals surface area contributed by atoms with E-state index in [1.807, 2.05) is 5.38 Å². The van der Waals surface area contributed by atoms with E-state index in [9.17, 15) is 4.79 Å². The molecule has 110 valence electrons. The highest BCUT2D eigenvalue weighted by molar-refractivity contribution is 7.14. The molecule has 0 bridgehead atoms. The van der Waals surface area contributed by atoms with Crippen molar-refractivity contribution >= 4 is 22.4 Å². The lowest BCUT2D eigenvalue weighted by Gasteiger charge is -2.04. The number of carbonyl (C=O) groups excluding carboxylic acids is 1. The molecule has 22 heavy (non-hydrogen) atoms. The van der Waals surface area contributed by atoms with Crippen LogP contribution in [-0.4, -0.2) is 15.9 Å². The van der Waals surface area contributed by atoms with Gasteiger partial charge in [0.05, 0.1) is 11.3 Å². The Morgan fingerprint density at radius 3 is 2.86 bits per heavy atom. The minimum atomic E-state index is -0.199. The number of aromatic nitrogens is 2. The Bertz CT molecular complexity index is 812. The lowest BCUT2D eigenvalue weighted by Crippen LogP contribution is -2.11. The summed E-state index contributed by atoms with van der Waals surface area (Å²) in [5.74, 6) is -0.199. The molecule has 0 saturated heterocycles. The van der Waals surface area contributed by atoms with E-state index in [4.69, 9.17) is 0 Å². The summed E-state index contributed by atoms with van der Waals surface area (Å²) in [6.07, 6.45) is 3.17. The van der Waals surface area contributed by atoms with Gasteiger partial charge in [-0.05, 0) is 37.6 Å². The highest BCUT2D eigenvalue weighted by Crippen LogP contribution is 2.28. The van der Waals surface area contributed by atoms with E-state index in [0.29, 0.717) is 10.7 Å². The van der Waals surface area contributed by atoms with E-state index in [2.05, 4.69) is 47.3 Å². The number of carbonyl (C=O) groups is 1. The summed E-state index contributed by atoms with van der Waals surface area (Å²) < 4.78 is 0.